The second-order valence-corrected chi connectivity index (χ2v) is 5.52. The van der Waals surface area contributed by atoms with Gasteiger partial charge in [-0.3, -0.25) is 4.79 Å². The molecule has 1 atom stereocenters. The normalized spacial score (nSPS) is 12.2. The van der Waals surface area contributed by atoms with Gasteiger partial charge in [0, 0.05) is 17.5 Å². The molecular formula is C16H24ClNO2. The highest BCUT2D eigenvalue weighted by Crippen LogP contribution is 2.28. The standard InChI is InChI=1S/C16H24ClNO2/c1-4-20-16(19)8-6-5-7-15(18)13-9-11(2)12(3)10-14(13)17/h9-10,15H,4-8,18H2,1-3H3. The van der Waals surface area contributed by atoms with Crippen molar-refractivity contribution in [3.05, 3.63) is 33.8 Å². The van der Waals surface area contributed by atoms with E-state index in [2.05, 4.69) is 13.0 Å². The van der Waals surface area contributed by atoms with E-state index in [9.17, 15) is 4.79 Å². The lowest BCUT2D eigenvalue weighted by Crippen LogP contribution is -2.12. The Balaban J connectivity index is 2.45. The molecule has 3 nitrogen and oxygen atoms in total. The van der Waals surface area contributed by atoms with E-state index in [-0.39, 0.29) is 12.0 Å². The van der Waals surface area contributed by atoms with Crippen LogP contribution in [0, 0.1) is 13.8 Å². The van der Waals surface area contributed by atoms with Crippen LogP contribution in [0.15, 0.2) is 12.1 Å². The molecule has 0 amide bonds. The van der Waals surface area contributed by atoms with Crippen LogP contribution < -0.4 is 5.73 Å². The smallest absolute Gasteiger partial charge is 0.305 e. The third-order valence-corrected chi connectivity index (χ3v) is 3.79. The van der Waals surface area contributed by atoms with Gasteiger partial charge in [0.15, 0.2) is 0 Å². The quantitative estimate of drug-likeness (QED) is 0.609. The number of nitrogens with two attached hydrogens (primary N) is 1. The summed E-state index contributed by atoms with van der Waals surface area (Å²) < 4.78 is 4.89. The third-order valence-electron chi connectivity index (χ3n) is 3.46. The van der Waals surface area contributed by atoms with E-state index < -0.39 is 0 Å². The maximum Gasteiger partial charge on any atom is 0.305 e. The summed E-state index contributed by atoms with van der Waals surface area (Å²) in [6, 6.07) is 3.95. The number of halogens is 1. The number of carbonyl (C=O) groups excluding carboxylic acids is 1. The summed E-state index contributed by atoms with van der Waals surface area (Å²) in [7, 11) is 0. The molecule has 0 bridgehead atoms. The fourth-order valence-electron chi connectivity index (χ4n) is 2.11. The van der Waals surface area contributed by atoms with Crippen LogP contribution >= 0.6 is 11.6 Å². The molecular weight excluding hydrogens is 274 g/mol. The number of esters is 1. The fourth-order valence-corrected chi connectivity index (χ4v) is 2.47. The van der Waals surface area contributed by atoms with Crippen LogP contribution in [-0.4, -0.2) is 12.6 Å². The van der Waals surface area contributed by atoms with Crippen LogP contribution in [0.25, 0.3) is 0 Å². The van der Waals surface area contributed by atoms with Gasteiger partial charge in [-0.2, -0.15) is 0 Å². The number of ether oxygens (including phenoxy) is 1. The molecule has 0 radical (unpaired) electrons. The van der Waals surface area contributed by atoms with Crippen LogP contribution in [0.2, 0.25) is 5.02 Å². The Morgan fingerprint density at radius 3 is 2.60 bits per heavy atom. The monoisotopic (exact) mass is 297 g/mol. The van der Waals surface area contributed by atoms with Crippen LogP contribution in [0.5, 0.6) is 0 Å². The molecule has 0 aromatic heterocycles. The first-order chi connectivity index (χ1) is 9.45. The van der Waals surface area contributed by atoms with E-state index >= 15 is 0 Å². The van der Waals surface area contributed by atoms with Crippen molar-refractivity contribution in [1.82, 2.24) is 0 Å². The zero-order valence-electron chi connectivity index (χ0n) is 12.5. The van der Waals surface area contributed by atoms with Crippen molar-refractivity contribution in [2.24, 2.45) is 5.73 Å². The summed E-state index contributed by atoms with van der Waals surface area (Å²) in [6.45, 7) is 6.35. The molecule has 0 spiro atoms. The van der Waals surface area contributed by atoms with Crippen molar-refractivity contribution in [1.29, 1.82) is 0 Å². The maximum absolute atomic E-state index is 11.2. The first kappa shape index (κ1) is 17.0. The van der Waals surface area contributed by atoms with Crippen molar-refractivity contribution in [2.75, 3.05) is 6.61 Å². The van der Waals surface area contributed by atoms with E-state index in [0.29, 0.717) is 13.0 Å². The summed E-state index contributed by atoms with van der Waals surface area (Å²) >= 11 is 6.25. The van der Waals surface area contributed by atoms with Crippen LogP contribution in [0.3, 0.4) is 0 Å². The molecule has 0 saturated carbocycles. The molecule has 0 aliphatic carbocycles. The summed E-state index contributed by atoms with van der Waals surface area (Å²) in [5.74, 6) is -0.134. The number of unbranched alkanes of at least 4 members (excludes halogenated alkanes) is 1. The molecule has 1 rings (SSSR count). The van der Waals surface area contributed by atoms with E-state index in [1.165, 1.54) is 11.1 Å². The molecule has 20 heavy (non-hydrogen) atoms. The lowest BCUT2D eigenvalue weighted by molar-refractivity contribution is -0.143. The second kappa shape index (κ2) is 8.28. The van der Waals surface area contributed by atoms with Crippen LogP contribution in [0.1, 0.15) is 55.3 Å². The van der Waals surface area contributed by atoms with Gasteiger partial charge in [-0.05, 0) is 56.4 Å². The summed E-state index contributed by atoms with van der Waals surface area (Å²) in [5.41, 5.74) is 9.56. The molecule has 0 fully saturated rings. The number of hydrogen-bond acceptors (Lipinski definition) is 3. The van der Waals surface area contributed by atoms with Crippen LogP contribution in [0.4, 0.5) is 0 Å². The largest absolute Gasteiger partial charge is 0.466 e. The molecule has 2 N–H and O–H groups in total. The molecule has 4 heteroatoms. The topological polar surface area (TPSA) is 52.3 Å². The molecule has 0 aliphatic heterocycles. The highest BCUT2D eigenvalue weighted by atomic mass is 35.5. The lowest BCUT2D eigenvalue weighted by Gasteiger charge is -2.15. The number of carbonyl (C=O) groups is 1. The molecule has 0 saturated heterocycles. The maximum atomic E-state index is 11.2. The van der Waals surface area contributed by atoms with Gasteiger partial charge < -0.3 is 10.5 Å². The zero-order chi connectivity index (χ0) is 15.1. The Hall–Kier alpha value is -1.06. The minimum absolute atomic E-state index is 0.0796. The van der Waals surface area contributed by atoms with E-state index in [0.717, 1.165) is 29.8 Å². The van der Waals surface area contributed by atoms with E-state index in [1.54, 1.807) is 0 Å². The fraction of sp³-hybridized carbons (Fsp3) is 0.562. The molecule has 0 aliphatic rings. The first-order valence-corrected chi connectivity index (χ1v) is 7.51. The Kier molecular flexibility index (Phi) is 7.03. The minimum Gasteiger partial charge on any atom is -0.466 e. The van der Waals surface area contributed by atoms with Crippen LogP contribution in [-0.2, 0) is 9.53 Å². The first-order valence-electron chi connectivity index (χ1n) is 7.13. The zero-order valence-corrected chi connectivity index (χ0v) is 13.3. The van der Waals surface area contributed by atoms with Crippen molar-refractivity contribution >= 4 is 17.6 Å². The Morgan fingerprint density at radius 2 is 1.95 bits per heavy atom. The van der Waals surface area contributed by atoms with Gasteiger partial charge in [0.05, 0.1) is 6.61 Å². The molecule has 112 valence electrons. The van der Waals surface area contributed by atoms with Gasteiger partial charge in [0.1, 0.15) is 0 Å². The van der Waals surface area contributed by atoms with Gasteiger partial charge in [-0.1, -0.05) is 24.1 Å². The highest BCUT2D eigenvalue weighted by Gasteiger charge is 2.12. The van der Waals surface area contributed by atoms with E-state index in [1.807, 2.05) is 19.9 Å². The van der Waals surface area contributed by atoms with Crippen molar-refractivity contribution in [3.63, 3.8) is 0 Å². The van der Waals surface area contributed by atoms with Gasteiger partial charge in [-0.25, -0.2) is 0 Å². The number of hydrogen-bond donors (Lipinski definition) is 1. The number of aryl methyl sites for hydroxylation is 2. The average Bonchev–Trinajstić information content (AvgIpc) is 2.39. The number of rotatable bonds is 7. The number of benzene rings is 1. The van der Waals surface area contributed by atoms with Crippen molar-refractivity contribution < 1.29 is 9.53 Å². The van der Waals surface area contributed by atoms with Gasteiger partial charge in [0.25, 0.3) is 0 Å². The summed E-state index contributed by atoms with van der Waals surface area (Å²) in [4.78, 5) is 11.2. The highest BCUT2D eigenvalue weighted by molar-refractivity contribution is 6.31. The molecule has 1 aromatic rings. The van der Waals surface area contributed by atoms with Gasteiger partial charge >= 0.3 is 5.97 Å². The predicted molar refractivity (Wildman–Crippen MR) is 83.0 cm³/mol. The summed E-state index contributed by atoms with van der Waals surface area (Å²) in [5, 5.41) is 0.728. The average molecular weight is 298 g/mol. The SMILES string of the molecule is CCOC(=O)CCCCC(N)c1cc(C)c(C)cc1Cl. The summed E-state index contributed by atoms with van der Waals surface area (Å²) in [6.07, 6.45) is 2.97. The second-order valence-electron chi connectivity index (χ2n) is 5.12. The minimum atomic E-state index is -0.134. The Labute approximate surface area is 126 Å². The molecule has 1 unspecified atom stereocenters. The van der Waals surface area contributed by atoms with E-state index in [4.69, 9.17) is 22.1 Å². The third kappa shape index (κ3) is 5.14. The lowest BCUT2D eigenvalue weighted by atomic mass is 9.97. The molecule has 1 aromatic carbocycles. The van der Waals surface area contributed by atoms with Gasteiger partial charge in [-0.15, -0.1) is 0 Å². The van der Waals surface area contributed by atoms with Crippen molar-refractivity contribution in [3.8, 4) is 0 Å². The Morgan fingerprint density at radius 1 is 1.30 bits per heavy atom. The predicted octanol–water partition coefficient (Wildman–Crippen LogP) is 4.08. The Bertz CT molecular complexity index is 460. The van der Waals surface area contributed by atoms with Crippen molar-refractivity contribution in [2.45, 2.75) is 52.5 Å². The van der Waals surface area contributed by atoms with Gasteiger partial charge in [0.2, 0.25) is 0 Å². The molecule has 0 heterocycles.